The molecule has 3 aromatic rings. The number of H-pyrrole nitrogens is 1. The van der Waals surface area contributed by atoms with E-state index in [1.165, 1.54) is 12.1 Å². The number of aromatic amines is 1. The molecule has 0 aliphatic rings. The molecule has 0 saturated carbocycles. The Morgan fingerprint density at radius 3 is 2.37 bits per heavy atom. The SMILES string of the molecule is Nc1nn2c(C(F)(F)F)cc(=O)[nH]c2c1N=Nc1ccc(S(=O)(=O)O)cc1. The van der Waals surface area contributed by atoms with Gasteiger partial charge in [-0.15, -0.1) is 10.2 Å². The first kappa shape index (κ1) is 18.5. The van der Waals surface area contributed by atoms with Gasteiger partial charge in [-0.1, -0.05) is 0 Å². The Hall–Kier alpha value is -3.26. The van der Waals surface area contributed by atoms with E-state index in [2.05, 4.69) is 20.3 Å². The van der Waals surface area contributed by atoms with Gasteiger partial charge in [0.05, 0.1) is 10.6 Å². The first-order chi connectivity index (χ1) is 12.5. The fourth-order valence-corrected chi connectivity index (χ4v) is 2.62. The molecule has 4 N–H and O–H groups in total. The second-order valence-corrected chi connectivity index (χ2v) is 6.60. The molecule has 0 radical (unpaired) electrons. The van der Waals surface area contributed by atoms with E-state index in [-0.39, 0.29) is 16.3 Å². The monoisotopic (exact) mass is 402 g/mol. The molecule has 0 aliphatic heterocycles. The molecule has 27 heavy (non-hydrogen) atoms. The molecule has 0 amide bonds. The van der Waals surface area contributed by atoms with E-state index in [1.807, 2.05) is 0 Å². The van der Waals surface area contributed by atoms with Crippen LogP contribution in [0.25, 0.3) is 5.65 Å². The molecule has 0 atom stereocenters. The molecule has 0 saturated heterocycles. The van der Waals surface area contributed by atoms with Crippen LogP contribution in [0.15, 0.2) is 50.3 Å². The lowest BCUT2D eigenvalue weighted by molar-refractivity contribution is -0.142. The number of benzene rings is 1. The standard InChI is InChI=1S/C13H9F3N6O4S/c14-13(15,16)8-5-9(23)18-12-10(11(17)21-22(8)12)20-19-6-1-3-7(4-2-6)27(24,25)26/h1-5H,(H2,17,21)(H,18,23)(H,24,25,26). The second kappa shape index (κ2) is 6.17. The maximum atomic E-state index is 13.0. The minimum Gasteiger partial charge on any atom is -0.380 e. The second-order valence-electron chi connectivity index (χ2n) is 5.18. The number of nitrogens with one attached hydrogen (secondary N) is 1. The number of anilines is 1. The van der Waals surface area contributed by atoms with E-state index in [9.17, 15) is 26.4 Å². The van der Waals surface area contributed by atoms with Crippen LogP contribution in [0.3, 0.4) is 0 Å². The Bertz CT molecular complexity index is 1210. The van der Waals surface area contributed by atoms with Crippen LogP contribution >= 0.6 is 0 Å². The van der Waals surface area contributed by atoms with Gasteiger partial charge in [0.2, 0.25) is 0 Å². The Kier molecular flexibility index (Phi) is 4.23. The first-order valence-corrected chi connectivity index (χ1v) is 8.39. The van der Waals surface area contributed by atoms with Gasteiger partial charge < -0.3 is 10.7 Å². The predicted octanol–water partition coefficient (Wildman–Crippen LogP) is 2.29. The number of hydrogen-bond donors (Lipinski definition) is 3. The largest absolute Gasteiger partial charge is 0.433 e. The van der Waals surface area contributed by atoms with Crippen molar-refractivity contribution in [3.63, 3.8) is 0 Å². The van der Waals surface area contributed by atoms with Crippen LogP contribution in [0, 0.1) is 0 Å². The number of aromatic nitrogens is 3. The average Bonchev–Trinajstić information content (AvgIpc) is 2.86. The molecular formula is C13H9F3N6O4S. The first-order valence-electron chi connectivity index (χ1n) is 6.95. The highest BCUT2D eigenvalue weighted by Gasteiger charge is 2.35. The minimum atomic E-state index is -4.86. The summed E-state index contributed by atoms with van der Waals surface area (Å²) in [4.78, 5) is 13.3. The number of fused-ring (bicyclic) bond motifs is 1. The van der Waals surface area contributed by atoms with Crippen molar-refractivity contribution in [1.29, 1.82) is 0 Å². The van der Waals surface area contributed by atoms with Gasteiger partial charge in [0.1, 0.15) is 0 Å². The summed E-state index contributed by atoms with van der Waals surface area (Å²) in [6.45, 7) is 0. The lowest BCUT2D eigenvalue weighted by Crippen LogP contribution is -2.19. The Morgan fingerprint density at radius 1 is 1.19 bits per heavy atom. The van der Waals surface area contributed by atoms with Crippen molar-refractivity contribution in [3.05, 3.63) is 46.4 Å². The van der Waals surface area contributed by atoms with Crippen LogP contribution < -0.4 is 11.3 Å². The van der Waals surface area contributed by atoms with Crippen LogP contribution in [0.5, 0.6) is 0 Å². The van der Waals surface area contributed by atoms with Gasteiger partial charge in [0, 0.05) is 6.07 Å². The van der Waals surface area contributed by atoms with E-state index < -0.39 is 39.0 Å². The molecule has 10 nitrogen and oxygen atoms in total. The molecule has 0 fully saturated rings. The zero-order valence-electron chi connectivity index (χ0n) is 13.0. The molecule has 3 rings (SSSR count). The number of rotatable bonds is 3. The van der Waals surface area contributed by atoms with Gasteiger partial charge in [-0.25, -0.2) is 4.52 Å². The predicted molar refractivity (Wildman–Crippen MR) is 85.7 cm³/mol. The van der Waals surface area contributed by atoms with Gasteiger partial charge in [0.25, 0.3) is 15.7 Å². The number of hydrogen-bond acceptors (Lipinski definition) is 7. The lowest BCUT2D eigenvalue weighted by Gasteiger charge is -2.07. The molecule has 0 unspecified atom stereocenters. The van der Waals surface area contributed by atoms with Gasteiger partial charge in [-0.2, -0.15) is 26.7 Å². The van der Waals surface area contributed by atoms with Crippen LogP contribution in [0.4, 0.5) is 30.4 Å². The molecule has 1 aromatic carbocycles. The molecule has 0 aliphatic carbocycles. The maximum Gasteiger partial charge on any atom is 0.433 e. The van der Waals surface area contributed by atoms with E-state index in [1.54, 1.807) is 0 Å². The fraction of sp³-hybridized carbons (Fsp3) is 0.0769. The highest BCUT2D eigenvalue weighted by Crippen LogP contribution is 2.33. The van der Waals surface area contributed by atoms with Crippen molar-refractivity contribution in [3.8, 4) is 0 Å². The number of alkyl halides is 3. The van der Waals surface area contributed by atoms with Crippen molar-refractivity contribution in [2.75, 3.05) is 5.73 Å². The van der Waals surface area contributed by atoms with Crippen LogP contribution in [-0.4, -0.2) is 27.6 Å². The van der Waals surface area contributed by atoms with Crippen molar-refractivity contribution < 1.29 is 26.1 Å². The Morgan fingerprint density at radius 2 is 1.81 bits per heavy atom. The minimum absolute atomic E-state index is 0.107. The molecule has 0 bridgehead atoms. The van der Waals surface area contributed by atoms with Crippen molar-refractivity contribution in [2.45, 2.75) is 11.1 Å². The third kappa shape index (κ3) is 3.65. The number of nitrogens with zero attached hydrogens (tertiary/aromatic N) is 4. The molecule has 0 spiro atoms. The van der Waals surface area contributed by atoms with Gasteiger partial charge in [-0.3, -0.25) is 9.35 Å². The van der Waals surface area contributed by atoms with Gasteiger partial charge >= 0.3 is 6.18 Å². The summed E-state index contributed by atoms with van der Waals surface area (Å²) in [6, 6.07) is 4.81. The summed E-state index contributed by atoms with van der Waals surface area (Å²) in [5.41, 5.74) is 2.58. The number of nitrogen functional groups attached to an aromatic ring is 1. The summed E-state index contributed by atoms with van der Waals surface area (Å²) < 4.78 is 70.4. The smallest absolute Gasteiger partial charge is 0.380 e. The van der Waals surface area contributed by atoms with Crippen LogP contribution in [0.1, 0.15) is 5.69 Å². The summed E-state index contributed by atoms with van der Waals surface area (Å²) in [6.07, 6.45) is -4.86. The third-order valence-electron chi connectivity index (χ3n) is 3.31. The molecule has 2 aromatic heterocycles. The van der Waals surface area contributed by atoms with Gasteiger partial charge in [0.15, 0.2) is 22.8 Å². The van der Waals surface area contributed by atoms with E-state index in [0.717, 1.165) is 12.1 Å². The highest BCUT2D eigenvalue weighted by molar-refractivity contribution is 7.85. The molecular weight excluding hydrogens is 393 g/mol. The Balaban J connectivity index is 2.08. The van der Waals surface area contributed by atoms with Crippen molar-refractivity contribution in [2.24, 2.45) is 10.2 Å². The van der Waals surface area contributed by atoms with E-state index in [0.29, 0.717) is 10.6 Å². The molecule has 142 valence electrons. The summed E-state index contributed by atoms with van der Waals surface area (Å²) in [5.74, 6) is -0.416. The number of halogens is 3. The van der Waals surface area contributed by atoms with Crippen molar-refractivity contribution in [1.82, 2.24) is 14.6 Å². The zero-order valence-corrected chi connectivity index (χ0v) is 13.8. The van der Waals surface area contributed by atoms with E-state index in [4.69, 9.17) is 10.3 Å². The third-order valence-corrected chi connectivity index (χ3v) is 4.18. The summed E-state index contributed by atoms with van der Waals surface area (Å²) in [7, 11) is -4.39. The summed E-state index contributed by atoms with van der Waals surface area (Å²) in [5, 5.41) is 10.9. The average molecular weight is 402 g/mol. The number of azo groups is 1. The summed E-state index contributed by atoms with van der Waals surface area (Å²) >= 11 is 0. The maximum absolute atomic E-state index is 13.0. The van der Waals surface area contributed by atoms with Crippen LogP contribution in [-0.2, 0) is 16.3 Å². The highest BCUT2D eigenvalue weighted by atomic mass is 32.2. The zero-order chi connectivity index (χ0) is 20.0. The normalized spacial score (nSPS) is 12.9. The van der Waals surface area contributed by atoms with E-state index >= 15 is 0 Å². The fourth-order valence-electron chi connectivity index (χ4n) is 2.14. The number of nitrogens with two attached hydrogens (primary N) is 1. The van der Waals surface area contributed by atoms with Gasteiger partial charge in [-0.05, 0) is 24.3 Å². The molecule has 14 heteroatoms. The van der Waals surface area contributed by atoms with Crippen molar-refractivity contribution >= 4 is 33.0 Å². The lowest BCUT2D eigenvalue weighted by atomic mass is 10.3. The molecule has 2 heterocycles. The quantitative estimate of drug-likeness (QED) is 0.451. The van der Waals surface area contributed by atoms with Crippen LogP contribution in [0.2, 0.25) is 0 Å². The topological polar surface area (TPSA) is 155 Å². The Labute approximate surface area is 147 Å².